The Morgan fingerprint density at radius 3 is 2.12 bits per heavy atom. The molecule has 0 fully saturated rings. The highest BCUT2D eigenvalue weighted by molar-refractivity contribution is 4.59. The van der Waals surface area contributed by atoms with Gasteiger partial charge >= 0.3 is 0 Å². The van der Waals surface area contributed by atoms with Gasteiger partial charge in [0.2, 0.25) is 0 Å². The van der Waals surface area contributed by atoms with Crippen LogP contribution in [0.2, 0.25) is 0 Å². The maximum Gasteiger partial charge on any atom is 0.0164 e. The molecular formula is C6H16N2. The van der Waals surface area contributed by atoms with E-state index in [0.717, 1.165) is 13.0 Å². The standard InChI is InChI=1S/C6H16N2/c1-4-6(7)5-8(2)3/h6H,4-5,7H2,1-3H3/t6-/m1/s1. The first-order chi connectivity index (χ1) is 3.66. The summed E-state index contributed by atoms with van der Waals surface area (Å²) in [5.41, 5.74) is 5.63. The first-order valence-electron chi connectivity index (χ1n) is 3.07. The van der Waals surface area contributed by atoms with Crippen LogP contribution < -0.4 is 5.73 Å². The molecule has 1 atom stereocenters. The van der Waals surface area contributed by atoms with E-state index in [2.05, 4.69) is 11.8 Å². The van der Waals surface area contributed by atoms with Gasteiger partial charge in [0.25, 0.3) is 0 Å². The zero-order chi connectivity index (χ0) is 6.57. The fourth-order valence-corrected chi connectivity index (χ4v) is 0.598. The highest BCUT2D eigenvalue weighted by Gasteiger charge is 1.97. The first-order valence-corrected chi connectivity index (χ1v) is 3.07. The van der Waals surface area contributed by atoms with Crippen LogP contribution in [0, 0.1) is 0 Å². The third-order valence-electron chi connectivity index (χ3n) is 1.12. The number of nitrogens with zero attached hydrogens (tertiary/aromatic N) is 1. The average molecular weight is 116 g/mol. The summed E-state index contributed by atoms with van der Waals surface area (Å²) in [6, 6.07) is 0.352. The summed E-state index contributed by atoms with van der Waals surface area (Å²) < 4.78 is 0. The Morgan fingerprint density at radius 1 is 1.50 bits per heavy atom. The van der Waals surface area contributed by atoms with Gasteiger partial charge in [-0.1, -0.05) is 6.92 Å². The number of rotatable bonds is 3. The van der Waals surface area contributed by atoms with Gasteiger partial charge in [-0.25, -0.2) is 0 Å². The molecule has 0 radical (unpaired) electrons. The lowest BCUT2D eigenvalue weighted by Crippen LogP contribution is -2.32. The lowest BCUT2D eigenvalue weighted by molar-refractivity contribution is 0.368. The van der Waals surface area contributed by atoms with Crippen LogP contribution >= 0.6 is 0 Å². The summed E-state index contributed by atoms with van der Waals surface area (Å²) in [6.45, 7) is 3.10. The minimum atomic E-state index is 0.352. The minimum absolute atomic E-state index is 0.352. The predicted molar refractivity (Wildman–Crippen MR) is 36.8 cm³/mol. The lowest BCUT2D eigenvalue weighted by atomic mass is 10.2. The summed E-state index contributed by atoms with van der Waals surface area (Å²) in [7, 11) is 4.07. The predicted octanol–water partition coefficient (Wildman–Crippen LogP) is 0.285. The molecule has 0 bridgehead atoms. The Morgan fingerprint density at radius 2 is 2.00 bits per heavy atom. The van der Waals surface area contributed by atoms with Gasteiger partial charge in [-0.05, 0) is 20.5 Å². The fraction of sp³-hybridized carbons (Fsp3) is 1.00. The topological polar surface area (TPSA) is 29.3 Å². The number of nitrogens with two attached hydrogens (primary N) is 1. The van der Waals surface area contributed by atoms with E-state index in [4.69, 9.17) is 5.73 Å². The quantitative estimate of drug-likeness (QED) is 0.574. The highest BCUT2D eigenvalue weighted by atomic mass is 15.1. The molecule has 2 N–H and O–H groups in total. The molecule has 50 valence electrons. The van der Waals surface area contributed by atoms with Gasteiger partial charge < -0.3 is 10.6 Å². The zero-order valence-electron chi connectivity index (χ0n) is 6.02. The maximum absolute atomic E-state index is 5.63. The van der Waals surface area contributed by atoms with E-state index in [1.54, 1.807) is 0 Å². The van der Waals surface area contributed by atoms with Gasteiger partial charge in [-0.3, -0.25) is 0 Å². The molecule has 0 aliphatic rings. The van der Waals surface area contributed by atoms with Crippen molar-refractivity contribution in [2.75, 3.05) is 20.6 Å². The van der Waals surface area contributed by atoms with Crippen LogP contribution in [0.5, 0.6) is 0 Å². The summed E-state index contributed by atoms with van der Waals surface area (Å²) in [6.07, 6.45) is 1.07. The van der Waals surface area contributed by atoms with Crippen LogP contribution in [0.25, 0.3) is 0 Å². The molecule has 0 aliphatic heterocycles. The summed E-state index contributed by atoms with van der Waals surface area (Å²) >= 11 is 0. The molecular weight excluding hydrogens is 100 g/mol. The molecule has 0 aromatic carbocycles. The Labute approximate surface area is 51.7 Å². The van der Waals surface area contributed by atoms with E-state index in [9.17, 15) is 0 Å². The first kappa shape index (κ1) is 7.92. The Hall–Kier alpha value is -0.0800. The van der Waals surface area contributed by atoms with Crippen molar-refractivity contribution in [2.24, 2.45) is 5.73 Å². The van der Waals surface area contributed by atoms with Crippen molar-refractivity contribution in [3.05, 3.63) is 0 Å². The Balaban J connectivity index is 3.10. The number of hydrogen-bond donors (Lipinski definition) is 1. The van der Waals surface area contributed by atoms with E-state index in [1.807, 2.05) is 14.1 Å². The van der Waals surface area contributed by atoms with Gasteiger partial charge in [-0.15, -0.1) is 0 Å². The van der Waals surface area contributed by atoms with E-state index < -0.39 is 0 Å². The SMILES string of the molecule is CC[C@@H](N)CN(C)C. The molecule has 2 nitrogen and oxygen atoms in total. The van der Waals surface area contributed by atoms with Crippen molar-refractivity contribution in [2.45, 2.75) is 19.4 Å². The van der Waals surface area contributed by atoms with Gasteiger partial charge in [-0.2, -0.15) is 0 Å². The van der Waals surface area contributed by atoms with Gasteiger partial charge in [0.15, 0.2) is 0 Å². The van der Waals surface area contributed by atoms with Gasteiger partial charge in [0.1, 0.15) is 0 Å². The van der Waals surface area contributed by atoms with Crippen LogP contribution in [0.4, 0.5) is 0 Å². The minimum Gasteiger partial charge on any atom is -0.327 e. The van der Waals surface area contributed by atoms with Crippen molar-refractivity contribution in [1.29, 1.82) is 0 Å². The highest BCUT2D eigenvalue weighted by Crippen LogP contribution is 1.86. The molecule has 0 spiro atoms. The second-order valence-corrected chi connectivity index (χ2v) is 2.43. The number of hydrogen-bond acceptors (Lipinski definition) is 2. The van der Waals surface area contributed by atoms with Crippen LogP contribution in [0.15, 0.2) is 0 Å². The third kappa shape index (κ3) is 4.09. The smallest absolute Gasteiger partial charge is 0.0164 e. The van der Waals surface area contributed by atoms with Gasteiger partial charge in [0, 0.05) is 12.6 Å². The van der Waals surface area contributed by atoms with E-state index in [1.165, 1.54) is 0 Å². The summed E-state index contributed by atoms with van der Waals surface area (Å²) in [5.74, 6) is 0. The maximum atomic E-state index is 5.63. The third-order valence-corrected chi connectivity index (χ3v) is 1.12. The molecule has 0 rings (SSSR count). The second kappa shape index (κ2) is 3.87. The number of likely N-dealkylation sites (N-methyl/N-ethyl adjacent to an activating group) is 1. The van der Waals surface area contributed by atoms with Crippen LogP contribution in [0.1, 0.15) is 13.3 Å². The largest absolute Gasteiger partial charge is 0.327 e. The second-order valence-electron chi connectivity index (χ2n) is 2.43. The van der Waals surface area contributed by atoms with Crippen molar-refractivity contribution in [3.63, 3.8) is 0 Å². The summed E-state index contributed by atoms with van der Waals surface area (Å²) in [4.78, 5) is 2.11. The van der Waals surface area contributed by atoms with Crippen molar-refractivity contribution < 1.29 is 0 Å². The zero-order valence-corrected chi connectivity index (χ0v) is 6.02. The molecule has 0 unspecified atom stereocenters. The van der Waals surface area contributed by atoms with E-state index >= 15 is 0 Å². The molecule has 8 heavy (non-hydrogen) atoms. The van der Waals surface area contributed by atoms with Crippen molar-refractivity contribution >= 4 is 0 Å². The molecule has 0 aromatic heterocycles. The van der Waals surface area contributed by atoms with E-state index in [-0.39, 0.29) is 0 Å². The average Bonchev–Trinajstić information content (AvgIpc) is 1.65. The van der Waals surface area contributed by atoms with Crippen LogP contribution in [-0.2, 0) is 0 Å². The molecule has 0 amide bonds. The molecule has 0 heterocycles. The van der Waals surface area contributed by atoms with Crippen molar-refractivity contribution in [1.82, 2.24) is 4.90 Å². The fourth-order valence-electron chi connectivity index (χ4n) is 0.598. The monoisotopic (exact) mass is 116 g/mol. The van der Waals surface area contributed by atoms with Crippen molar-refractivity contribution in [3.8, 4) is 0 Å². The molecule has 0 aromatic rings. The lowest BCUT2D eigenvalue weighted by Gasteiger charge is -2.13. The van der Waals surface area contributed by atoms with Crippen LogP contribution in [-0.4, -0.2) is 31.6 Å². The molecule has 0 saturated carbocycles. The van der Waals surface area contributed by atoms with E-state index in [0.29, 0.717) is 6.04 Å². The molecule has 0 aliphatic carbocycles. The Kier molecular flexibility index (Phi) is 3.83. The van der Waals surface area contributed by atoms with Crippen LogP contribution in [0.3, 0.4) is 0 Å². The molecule has 0 saturated heterocycles. The molecule has 2 heteroatoms. The normalized spacial score (nSPS) is 14.6. The Bertz CT molecular complexity index is 52.5. The van der Waals surface area contributed by atoms with Gasteiger partial charge in [0.05, 0.1) is 0 Å². The summed E-state index contributed by atoms with van der Waals surface area (Å²) in [5, 5.41) is 0.